The van der Waals surface area contributed by atoms with Crippen LogP contribution in [-0.2, 0) is 18.0 Å². The Morgan fingerprint density at radius 1 is 1.32 bits per heavy atom. The summed E-state index contributed by atoms with van der Waals surface area (Å²) in [6.45, 7) is 1.57. The third-order valence-corrected chi connectivity index (χ3v) is 3.51. The minimum Gasteiger partial charge on any atom is -0.462 e. The molecule has 0 spiro atoms. The van der Waals surface area contributed by atoms with Gasteiger partial charge in [-0.15, -0.1) is 0 Å². The average molecular weight is 379 g/mol. The molecule has 0 saturated heterocycles. The van der Waals surface area contributed by atoms with Crippen LogP contribution in [0.5, 0.6) is 0 Å². The Hall–Kier alpha value is -2.42. The number of rotatable bonds is 3. The molecule has 0 aliphatic carbocycles. The third-order valence-electron chi connectivity index (χ3n) is 3.20. The van der Waals surface area contributed by atoms with E-state index < -0.39 is 40.3 Å². The molecule has 0 fully saturated rings. The highest BCUT2D eigenvalue weighted by atomic mass is 35.5. The summed E-state index contributed by atoms with van der Waals surface area (Å²) in [5.74, 6) is -1.88. The predicted molar refractivity (Wildman–Crippen MR) is 80.8 cm³/mol. The zero-order valence-corrected chi connectivity index (χ0v) is 13.7. The van der Waals surface area contributed by atoms with Gasteiger partial charge < -0.3 is 4.74 Å². The summed E-state index contributed by atoms with van der Waals surface area (Å²) in [6, 6.07) is 2.00. The molecule has 0 aliphatic heterocycles. The van der Waals surface area contributed by atoms with Gasteiger partial charge in [0, 0.05) is 18.7 Å². The SMILES string of the molecule is CCOC(=O)c1cc(-c2nn(C)c(C(F)(F)F)cc2=O)c(F)cc1Cl. The molecule has 10 heteroatoms. The van der Waals surface area contributed by atoms with Gasteiger partial charge in [0.2, 0.25) is 5.43 Å². The minimum absolute atomic E-state index is 0.0299. The van der Waals surface area contributed by atoms with Crippen molar-refractivity contribution in [1.29, 1.82) is 0 Å². The zero-order chi connectivity index (χ0) is 18.9. The van der Waals surface area contributed by atoms with Crippen LogP contribution in [0.1, 0.15) is 23.0 Å². The number of aryl methyl sites for hydroxylation is 1. The van der Waals surface area contributed by atoms with E-state index in [9.17, 15) is 27.2 Å². The molecule has 1 aromatic heterocycles. The van der Waals surface area contributed by atoms with E-state index in [0.717, 1.165) is 19.2 Å². The molecular weight excluding hydrogens is 368 g/mol. The number of carbonyl (C=O) groups excluding carboxylic acids is 1. The maximum Gasteiger partial charge on any atom is 0.433 e. The maximum atomic E-state index is 14.2. The van der Waals surface area contributed by atoms with E-state index in [1.54, 1.807) is 6.92 Å². The summed E-state index contributed by atoms with van der Waals surface area (Å²) in [5.41, 5.74) is -3.72. The number of alkyl halides is 3. The molecule has 2 rings (SSSR count). The lowest BCUT2D eigenvalue weighted by Gasteiger charge is -2.13. The number of hydrogen-bond acceptors (Lipinski definition) is 4. The highest BCUT2D eigenvalue weighted by molar-refractivity contribution is 6.33. The van der Waals surface area contributed by atoms with E-state index >= 15 is 0 Å². The Bertz CT molecular complexity index is 894. The van der Waals surface area contributed by atoms with Crippen LogP contribution in [0.15, 0.2) is 23.0 Å². The van der Waals surface area contributed by atoms with E-state index in [-0.39, 0.29) is 17.2 Å². The fourth-order valence-electron chi connectivity index (χ4n) is 2.09. The van der Waals surface area contributed by atoms with Gasteiger partial charge in [-0.25, -0.2) is 9.18 Å². The molecule has 2 aromatic rings. The number of halogens is 5. The van der Waals surface area contributed by atoms with Crippen molar-refractivity contribution in [2.24, 2.45) is 7.05 Å². The second-order valence-electron chi connectivity index (χ2n) is 4.90. The number of hydrogen-bond donors (Lipinski definition) is 0. The van der Waals surface area contributed by atoms with Crippen molar-refractivity contribution in [3.05, 3.63) is 50.5 Å². The lowest BCUT2D eigenvalue weighted by molar-refractivity contribution is -0.144. The smallest absolute Gasteiger partial charge is 0.433 e. The number of ether oxygens (including phenoxy) is 1. The van der Waals surface area contributed by atoms with Crippen LogP contribution < -0.4 is 5.43 Å². The van der Waals surface area contributed by atoms with Gasteiger partial charge in [0.1, 0.15) is 17.2 Å². The van der Waals surface area contributed by atoms with Crippen LogP contribution >= 0.6 is 11.6 Å². The van der Waals surface area contributed by atoms with E-state index in [1.807, 2.05) is 0 Å². The van der Waals surface area contributed by atoms with Crippen molar-refractivity contribution in [1.82, 2.24) is 9.78 Å². The molecule has 1 aromatic carbocycles. The minimum atomic E-state index is -4.80. The van der Waals surface area contributed by atoms with Crippen molar-refractivity contribution in [3.8, 4) is 11.3 Å². The van der Waals surface area contributed by atoms with Crippen LogP contribution in [0.2, 0.25) is 5.02 Å². The Morgan fingerprint density at radius 3 is 2.52 bits per heavy atom. The van der Waals surface area contributed by atoms with E-state index in [0.29, 0.717) is 10.7 Å². The second kappa shape index (κ2) is 6.83. The molecule has 5 nitrogen and oxygen atoms in total. The van der Waals surface area contributed by atoms with E-state index in [4.69, 9.17) is 16.3 Å². The van der Waals surface area contributed by atoms with Gasteiger partial charge >= 0.3 is 12.1 Å². The highest BCUT2D eigenvalue weighted by Gasteiger charge is 2.34. The molecule has 0 N–H and O–H groups in total. The number of aromatic nitrogens is 2. The molecular formula is C15H11ClF4N2O3. The van der Waals surface area contributed by atoms with Crippen LogP contribution in [0.4, 0.5) is 17.6 Å². The zero-order valence-electron chi connectivity index (χ0n) is 12.9. The first kappa shape index (κ1) is 18.9. The van der Waals surface area contributed by atoms with E-state index in [2.05, 4.69) is 5.10 Å². The monoisotopic (exact) mass is 378 g/mol. The topological polar surface area (TPSA) is 61.2 Å². The lowest BCUT2D eigenvalue weighted by Crippen LogP contribution is -2.23. The molecule has 25 heavy (non-hydrogen) atoms. The van der Waals surface area contributed by atoms with Crippen LogP contribution in [0, 0.1) is 5.82 Å². The Balaban J connectivity index is 2.67. The van der Waals surface area contributed by atoms with Gasteiger partial charge in [-0.05, 0) is 19.1 Å². The molecule has 134 valence electrons. The summed E-state index contributed by atoms with van der Waals surface area (Å²) in [4.78, 5) is 23.8. The van der Waals surface area contributed by atoms with Crippen LogP contribution in [0.3, 0.4) is 0 Å². The molecule has 0 bridgehead atoms. The molecule has 0 aliphatic rings. The second-order valence-corrected chi connectivity index (χ2v) is 5.30. The Labute approximate surface area is 143 Å². The van der Waals surface area contributed by atoms with Crippen LogP contribution in [-0.4, -0.2) is 22.4 Å². The third kappa shape index (κ3) is 3.81. The summed E-state index contributed by atoms with van der Waals surface area (Å²) in [7, 11) is 0.964. The number of nitrogens with zero attached hydrogens (tertiary/aromatic N) is 2. The van der Waals surface area contributed by atoms with E-state index in [1.165, 1.54) is 0 Å². The highest BCUT2D eigenvalue weighted by Crippen LogP contribution is 2.30. The predicted octanol–water partition coefficient (Wildman–Crippen LogP) is 3.44. The van der Waals surface area contributed by atoms with Crippen LogP contribution in [0.25, 0.3) is 11.3 Å². The molecule has 0 radical (unpaired) electrons. The van der Waals surface area contributed by atoms with Gasteiger partial charge in [0.25, 0.3) is 0 Å². The first-order valence-electron chi connectivity index (χ1n) is 6.88. The summed E-state index contributed by atoms with van der Waals surface area (Å²) >= 11 is 5.78. The van der Waals surface area contributed by atoms with Gasteiger partial charge in [0.05, 0.1) is 17.2 Å². The molecule has 0 saturated carbocycles. The number of carbonyl (C=O) groups is 1. The van der Waals surface area contributed by atoms with Crippen molar-refractivity contribution in [2.45, 2.75) is 13.1 Å². The maximum absolute atomic E-state index is 14.2. The molecule has 0 unspecified atom stereocenters. The normalized spacial score (nSPS) is 11.5. The summed E-state index contributed by atoms with van der Waals surface area (Å²) in [6.07, 6.45) is -4.80. The summed E-state index contributed by atoms with van der Waals surface area (Å²) in [5, 5.41) is 3.23. The van der Waals surface area contributed by atoms with Gasteiger partial charge in [-0.3, -0.25) is 9.48 Å². The Morgan fingerprint density at radius 2 is 1.96 bits per heavy atom. The molecule has 0 amide bonds. The Kier molecular flexibility index (Phi) is 5.17. The number of benzene rings is 1. The average Bonchev–Trinajstić information content (AvgIpc) is 2.48. The van der Waals surface area contributed by atoms with Crippen molar-refractivity contribution < 1.29 is 27.1 Å². The van der Waals surface area contributed by atoms with Crippen molar-refractivity contribution >= 4 is 17.6 Å². The first-order chi connectivity index (χ1) is 11.6. The first-order valence-corrected chi connectivity index (χ1v) is 7.26. The standard InChI is InChI=1S/C15H11ClF4N2O3/c1-3-25-14(24)7-4-8(10(17)5-9(7)16)13-11(23)6-12(15(18,19)20)22(2)21-13/h4-6H,3H2,1-2H3. The van der Waals surface area contributed by atoms with Gasteiger partial charge in [-0.2, -0.15) is 18.3 Å². The lowest BCUT2D eigenvalue weighted by atomic mass is 10.1. The molecule has 0 atom stereocenters. The van der Waals surface area contributed by atoms with Gasteiger partial charge in [-0.1, -0.05) is 11.6 Å². The number of esters is 1. The molecule has 1 heterocycles. The van der Waals surface area contributed by atoms with Gasteiger partial charge in [0.15, 0.2) is 0 Å². The fourth-order valence-corrected chi connectivity index (χ4v) is 2.31. The largest absolute Gasteiger partial charge is 0.462 e. The van der Waals surface area contributed by atoms with Crippen molar-refractivity contribution in [3.63, 3.8) is 0 Å². The summed E-state index contributed by atoms with van der Waals surface area (Å²) < 4.78 is 57.7. The van der Waals surface area contributed by atoms with Crippen molar-refractivity contribution in [2.75, 3.05) is 6.61 Å². The quantitative estimate of drug-likeness (QED) is 0.606. The fraction of sp³-hybridized carbons (Fsp3) is 0.267.